The molecule has 105 heavy (non-hydrogen) atoms. The number of aromatic hydroxyl groups is 1. The van der Waals surface area contributed by atoms with Crippen LogP contribution in [0.25, 0.3) is 0 Å². The highest BCUT2D eigenvalue weighted by atomic mass is 16.5. The molecular weight excluding hydrogens is 1370 g/mol. The molecule has 3 fully saturated rings. The summed E-state index contributed by atoms with van der Waals surface area (Å²) in [6.07, 6.45) is -8.22. The summed E-state index contributed by atoms with van der Waals surface area (Å²) < 4.78 is 6.94. The number of carbonyl (C=O) groups is 13. The van der Waals surface area contributed by atoms with Crippen LogP contribution in [-0.2, 0) is 92.7 Å². The standard InChI is InChI=1S/C70H97N17O18/c1-36(2)28-46-62(97)82-51(31-40-16-10-7-11-17-40)69(104)86-27-13-19-52(86)67(102)81-49(32-42-34-87(85-84-42)70-57(74-38(5)89)59(94)58(93)53(35-88)105-70)64(99)79-47(29-39-14-8-6-9-15-39)63(98)80-50(33-55(73)92)65(100)75-45(24-25-54(72)91)61(96)78-48(30-41-20-22-43(90)23-21-41)66(101)83-56(37(3)4)68(103)76-44(18-12-26-71)60(95)77-46/h6-11,14-17,20-23,34,36-37,44-53,56-59,70,88,90,93-94H,12-13,18-19,24-33,35,71H2,1-5H3,(H2,72,91)(H2,73,92)(H,74,89)(H,75,100)(H,76,103)(H,77,95)(H,78,96)(H,79,99)(H,80,98)(H,81,102)(H,82,97)(H,83,101)/t44-,45-,46-,47+,48-,49-,50-,51+,52-,53+,56-,57+,58+,59+,70+/m0/s1. The van der Waals surface area contributed by atoms with E-state index in [0.717, 1.165) is 11.6 Å². The van der Waals surface area contributed by atoms with Crippen LogP contribution in [0.1, 0.15) is 115 Å². The highest BCUT2D eigenvalue weighted by molar-refractivity contribution is 6.01. The molecule has 0 saturated carbocycles. The number of benzene rings is 3. The number of hydrogen-bond acceptors (Lipinski definition) is 21. The van der Waals surface area contributed by atoms with Crippen molar-refractivity contribution in [2.75, 3.05) is 19.7 Å². The Kier molecular flexibility index (Phi) is 30.3. The number of aliphatic hydroxyl groups is 3. The van der Waals surface area contributed by atoms with Gasteiger partial charge in [-0.15, -0.1) is 5.10 Å². The second-order valence-electron chi connectivity index (χ2n) is 27.2. The Labute approximate surface area is 605 Å². The van der Waals surface area contributed by atoms with Crippen molar-refractivity contribution in [1.82, 2.24) is 73.1 Å². The summed E-state index contributed by atoms with van der Waals surface area (Å²) in [5.74, 6) is -13.7. The predicted molar refractivity (Wildman–Crippen MR) is 373 cm³/mol. The van der Waals surface area contributed by atoms with E-state index in [0.29, 0.717) is 16.7 Å². The minimum absolute atomic E-state index is 0.00113. The molecule has 3 saturated heterocycles. The molecule has 35 nitrogen and oxygen atoms in total. The molecule has 7 rings (SSSR count). The van der Waals surface area contributed by atoms with Gasteiger partial charge in [-0.05, 0) is 85.7 Å². The second kappa shape index (κ2) is 38.9. The van der Waals surface area contributed by atoms with Crippen molar-refractivity contribution in [3.63, 3.8) is 0 Å². The van der Waals surface area contributed by atoms with Gasteiger partial charge in [0.1, 0.15) is 90.5 Å². The number of amides is 13. The molecule has 3 aromatic carbocycles. The molecule has 3 aliphatic rings. The predicted octanol–water partition coefficient (Wildman–Crippen LogP) is -4.68. The number of nitrogens with zero attached hydrogens (tertiary/aromatic N) is 4. The van der Waals surface area contributed by atoms with Crippen molar-refractivity contribution in [1.29, 1.82) is 0 Å². The van der Waals surface area contributed by atoms with Gasteiger partial charge in [0.05, 0.1) is 24.9 Å². The fraction of sp³-hybridized carbons (Fsp3) is 0.529. The Morgan fingerprint density at radius 1 is 0.590 bits per heavy atom. The van der Waals surface area contributed by atoms with Crippen LogP contribution in [0.15, 0.2) is 91.1 Å². The van der Waals surface area contributed by atoms with Crippen LogP contribution in [0.4, 0.5) is 0 Å². The molecule has 4 aromatic rings. The van der Waals surface area contributed by atoms with Crippen LogP contribution in [-0.4, -0.2) is 222 Å². The van der Waals surface area contributed by atoms with E-state index in [9.17, 15) is 63.6 Å². The van der Waals surface area contributed by atoms with E-state index >= 15 is 19.2 Å². The molecule has 0 aliphatic carbocycles. The molecule has 13 amide bonds. The van der Waals surface area contributed by atoms with E-state index in [2.05, 4.69) is 63.5 Å². The third kappa shape index (κ3) is 23.8. The van der Waals surface area contributed by atoms with Crippen molar-refractivity contribution in [3.05, 3.63) is 114 Å². The van der Waals surface area contributed by atoms with E-state index in [1.807, 2.05) is 0 Å². The van der Waals surface area contributed by atoms with Gasteiger partial charge in [-0.25, -0.2) is 4.68 Å². The number of rotatable bonds is 22. The summed E-state index contributed by atoms with van der Waals surface area (Å²) in [4.78, 5) is 188. The van der Waals surface area contributed by atoms with E-state index in [1.165, 1.54) is 35.4 Å². The summed E-state index contributed by atoms with van der Waals surface area (Å²) in [6.45, 7) is 7.10. The highest BCUT2D eigenvalue weighted by Crippen LogP contribution is 2.29. The lowest BCUT2D eigenvalue weighted by Crippen LogP contribution is -2.62. The van der Waals surface area contributed by atoms with Gasteiger partial charge in [0.15, 0.2) is 6.23 Å². The molecule has 3 aliphatic heterocycles. The second-order valence-corrected chi connectivity index (χ2v) is 27.2. The fourth-order valence-electron chi connectivity index (χ4n) is 12.6. The van der Waals surface area contributed by atoms with Crippen molar-refractivity contribution in [2.24, 2.45) is 29.0 Å². The number of carbonyl (C=O) groups excluding carboxylic acids is 13. The zero-order valence-corrected chi connectivity index (χ0v) is 59.1. The molecule has 0 spiro atoms. The van der Waals surface area contributed by atoms with E-state index in [1.54, 1.807) is 88.4 Å². The highest BCUT2D eigenvalue weighted by Gasteiger charge is 2.47. The lowest BCUT2D eigenvalue weighted by Gasteiger charge is -2.42. The minimum Gasteiger partial charge on any atom is -0.508 e. The maximum absolute atomic E-state index is 15.4. The minimum atomic E-state index is -1.96. The first kappa shape index (κ1) is 81.8. The maximum atomic E-state index is 15.4. The number of nitrogens with two attached hydrogens (primary N) is 3. The molecule has 15 atom stereocenters. The third-order valence-electron chi connectivity index (χ3n) is 18.1. The number of hydrogen-bond donors (Lipinski definition) is 17. The van der Waals surface area contributed by atoms with Gasteiger partial charge < -0.3 is 100 Å². The number of fused-ring (bicyclic) bond motifs is 1. The summed E-state index contributed by atoms with van der Waals surface area (Å²) >= 11 is 0. The van der Waals surface area contributed by atoms with Crippen LogP contribution in [0, 0.1) is 11.8 Å². The number of aliphatic hydroxyl groups excluding tert-OH is 3. The molecule has 0 radical (unpaired) electrons. The summed E-state index contributed by atoms with van der Waals surface area (Å²) in [5.41, 5.74) is 18.5. The largest absolute Gasteiger partial charge is 0.508 e. The van der Waals surface area contributed by atoms with E-state index in [4.69, 9.17) is 21.9 Å². The lowest BCUT2D eigenvalue weighted by molar-refractivity contribution is -0.219. The average molecular weight is 1460 g/mol. The first-order valence-electron chi connectivity index (χ1n) is 34.9. The number of phenolic OH excluding ortho intramolecular Hbond substituents is 1. The zero-order chi connectivity index (χ0) is 76.8. The van der Waals surface area contributed by atoms with Crippen molar-refractivity contribution in [2.45, 2.75) is 203 Å². The summed E-state index contributed by atoms with van der Waals surface area (Å²) in [5, 5.41) is 76.9. The first-order chi connectivity index (χ1) is 49.9. The summed E-state index contributed by atoms with van der Waals surface area (Å²) in [7, 11) is 0. The van der Waals surface area contributed by atoms with Crippen molar-refractivity contribution < 1.29 is 87.5 Å². The van der Waals surface area contributed by atoms with Crippen LogP contribution in [0.5, 0.6) is 5.75 Å². The van der Waals surface area contributed by atoms with E-state index in [-0.39, 0.29) is 81.8 Å². The molecule has 4 heterocycles. The van der Waals surface area contributed by atoms with Gasteiger partial charge in [0.2, 0.25) is 76.8 Å². The van der Waals surface area contributed by atoms with Crippen LogP contribution >= 0.6 is 0 Å². The Morgan fingerprint density at radius 3 is 1.63 bits per heavy atom. The number of phenols is 1. The Morgan fingerprint density at radius 2 is 1.08 bits per heavy atom. The third-order valence-corrected chi connectivity index (χ3v) is 18.1. The number of ether oxygens (including phenoxy) is 1. The fourth-order valence-corrected chi connectivity index (χ4v) is 12.6. The van der Waals surface area contributed by atoms with Crippen molar-refractivity contribution >= 4 is 76.8 Å². The zero-order valence-electron chi connectivity index (χ0n) is 59.1. The molecule has 1 aromatic heterocycles. The number of aromatic nitrogens is 3. The molecule has 0 unspecified atom stereocenters. The van der Waals surface area contributed by atoms with Gasteiger partial charge >= 0.3 is 0 Å². The van der Waals surface area contributed by atoms with Crippen LogP contribution in [0.3, 0.4) is 0 Å². The first-order valence-corrected chi connectivity index (χ1v) is 34.9. The van der Waals surface area contributed by atoms with Crippen LogP contribution in [0.2, 0.25) is 0 Å². The Hall–Kier alpha value is -10.5. The molecule has 20 N–H and O–H groups in total. The molecule has 0 bridgehead atoms. The quantitative estimate of drug-likeness (QED) is 0.0352. The Balaban J connectivity index is 1.35. The maximum Gasteiger partial charge on any atom is 0.246 e. The Bertz CT molecular complexity index is 3700. The van der Waals surface area contributed by atoms with Gasteiger partial charge in [0, 0.05) is 45.6 Å². The SMILES string of the molecule is CC(=O)N[C@@H]1[C@@H](O)[C@H](O)[C@@H](CO)O[C@H]1n1cc(C[C@@H]2NC(=O)[C@@H]3CCCN3C(=O)[C@@H](Cc3ccccc3)NC(=O)[C@H](CC(C)C)NC(=O)[C@H](CCCN)NC(=O)[C@H](C(C)C)NC(=O)[C@H](Cc3ccc(O)cc3)NC(=O)[C@H](CCC(N)=O)NC(=O)[C@H](CC(N)=O)NC(=O)[C@@H](Cc3ccccc3)NC2=O)nn1. The monoisotopic (exact) mass is 1460 g/mol. The topological polar surface area (TPSA) is 544 Å². The van der Waals surface area contributed by atoms with Crippen LogP contribution < -0.4 is 70.4 Å². The normalized spacial score (nSPS) is 26.8. The van der Waals surface area contributed by atoms with Gasteiger partial charge in [-0.2, -0.15) is 0 Å². The van der Waals surface area contributed by atoms with Crippen molar-refractivity contribution in [3.8, 4) is 5.75 Å². The molecule has 570 valence electrons. The van der Waals surface area contributed by atoms with E-state index < -0.39 is 206 Å². The lowest BCUT2D eigenvalue weighted by atomic mass is 9.96. The molecule has 35 heteroatoms. The average Bonchev–Trinajstić information content (AvgIpc) is 1.78. The molecular formula is C70H97N17O18. The number of primary amides is 2. The smallest absolute Gasteiger partial charge is 0.246 e. The van der Waals surface area contributed by atoms with Gasteiger partial charge in [-0.3, -0.25) is 62.3 Å². The number of nitrogens with one attached hydrogen (secondary N) is 10. The summed E-state index contributed by atoms with van der Waals surface area (Å²) in [6, 6.07) is 4.89. The van der Waals surface area contributed by atoms with Gasteiger partial charge in [-0.1, -0.05) is 106 Å². The van der Waals surface area contributed by atoms with Gasteiger partial charge in [0.25, 0.3) is 0 Å².